The highest BCUT2D eigenvalue weighted by Gasteiger charge is 2.12. The molecule has 6 heteroatoms. The Balaban J connectivity index is 2.61. The van der Waals surface area contributed by atoms with Crippen molar-refractivity contribution in [2.45, 2.75) is 6.92 Å². The van der Waals surface area contributed by atoms with Gasteiger partial charge in [-0.2, -0.15) is 0 Å². The molecule has 0 saturated carbocycles. The maximum atomic E-state index is 11.9. The molecule has 0 bridgehead atoms. The monoisotopic (exact) mass is 238 g/mol. The average Bonchev–Trinajstić information content (AvgIpc) is 2.38. The van der Waals surface area contributed by atoms with E-state index in [1.807, 2.05) is 6.92 Å². The van der Waals surface area contributed by atoms with E-state index in [4.69, 9.17) is 10.6 Å². The molecule has 0 aliphatic carbocycles. The molecule has 17 heavy (non-hydrogen) atoms. The summed E-state index contributed by atoms with van der Waals surface area (Å²) in [7, 11) is 1.71. The fourth-order valence-corrected chi connectivity index (χ4v) is 1.28. The van der Waals surface area contributed by atoms with Crippen molar-refractivity contribution in [3.8, 4) is 0 Å². The van der Waals surface area contributed by atoms with E-state index in [1.54, 1.807) is 30.1 Å². The van der Waals surface area contributed by atoms with Crippen LogP contribution in [-0.2, 0) is 4.74 Å². The first-order valence-corrected chi connectivity index (χ1v) is 5.46. The predicted octanol–water partition coefficient (Wildman–Crippen LogP) is 0.476. The second-order valence-electron chi connectivity index (χ2n) is 3.48. The minimum Gasteiger partial charge on any atom is -0.380 e. The maximum Gasteiger partial charge on any atom is 0.272 e. The second-order valence-corrected chi connectivity index (χ2v) is 3.48. The van der Waals surface area contributed by atoms with E-state index in [0.717, 1.165) is 0 Å². The largest absolute Gasteiger partial charge is 0.380 e. The fraction of sp³-hybridized carbons (Fsp3) is 0.455. The summed E-state index contributed by atoms with van der Waals surface area (Å²) in [6, 6.07) is 5.07. The number of carbonyl (C=O) groups is 1. The van der Waals surface area contributed by atoms with Crippen molar-refractivity contribution < 1.29 is 9.53 Å². The summed E-state index contributed by atoms with van der Waals surface area (Å²) >= 11 is 0. The van der Waals surface area contributed by atoms with Crippen LogP contribution in [0.2, 0.25) is 0 Å². The van der Waals surface area contributed by atoms with Crippen molar-refractivity contribution in [3.05, 3.63) is 23.9 Å². The van der Waals surface area contributed by atoms with Crippen molar-refractivity contribution in [1.29, 1.82) is 0 Å². The number of hydrogen-bond donors (Lipinski definition) is 2. The van der Waals surface area contributed by atoms with Gasteiger partial charge in [0.1, 0.15) is 11.5 Å². The molecule has 0 aliphatic rings. The molecule has 1 aromatic rings. The zero-order chi connectivity index (χ0) is 12.7. The highest BCUT2D eigenvalue weighted by molar-refractivity contribution is 5.92. The maximum absolute atomic E-state index is 11.9. The van der Waals surface area contributed by atoms with Crippen molar-refractivity contribution in [1.82, 2.24) is 9.88 Å². The lowest BCUT2D eigenvalue weighted by Gasteiger charge is -2.16. The number of hydrazine groups is 1. The van der Waals surface area contributed by atoms with Crippen molar-refractivity contribution in [3.63, 3.8) is 0 Å². The summed E-state index contributed by atoms with van der Waals surface area (Å²) in [5.74, 6) is 5.55. The molecule has 6 nitrogen and oxygen atoms in total. The van der Waals surface area contributed by atoms with Gasteiger partial charge in [0.2, 0.25) is 0 Å². The molecule has 0 spiro atoms. The number of rotatable bonds is 6. The molecule has 3 N–H and O–H groups in total. The summed E-state index contributed by atoms with van der Waals surface area (Å²) in [5.41, 5.74) is 2.77. The molecule has 1 heterocycles. The molecule has 0 atom stereocenters. The van der Waals surface area contributed by atoms with Gasteiger partial charge < -0.3 is 15.1 Å². The van der Waals surface area contributed by atoms with Crippen LogP contribution in [0.3, 0.4) is 0 Å². The molecule has 1 aromatic heterocycles. The number of amides is 1. The van der Waals surface area contributed by atoms with Crippen molar-refractivity contribution in [2.75, 3.05) is 32.2 Å². The van der Waals surface area contributed by atoms with E-state index in [9.17, 15) is 4.79 Å². The summed E-state index contributed by atoms with van der Waals surface area (Å²) in [4.78, 5) is 17.6. The van der Waals surface area contributed by atoms with Gasteiger partial charge in [0.05, 0.1) is 6.61 Å². The van der Waals surface area contributed by atoms with Gasteiger partial charge >= 0.3 is 0 Å². The van der Waals surface area contributed by atoms with Gasteiger partial charge in [-0.05, 0) is 19.1 Å². The smallest absolute Gasteiger partial charge is 0.272 e. The first-order valence-electron chi connectivity index (χ1n) is 5.46. The van der Waals surface area contributed by atoms with E-state index >= 15 is 0 Å². The molecule has 0 aromatic carbocycles. The first kappa shape index (κ1) is 13.4. The Kier molecular flexibility index (Phi) is 5.38. The minimum absolute atomic E-state index is 0.151. The molecule has 94 valence electrons. The molecule has 0 saturated heterocycles. The molecule has 0 unspecified atom stereocenters. The van der Waals surface area contributed by atoms with Gasteiger partial charge in [0, 0.05) is 20.2 Å². The number of anilines is 1. The lowest BCUT2D eigenvalue weighted by atomic mass is 10.3. The van der Waals surface area contributed by atoms with Gasteiger partial charge in [-0.15, -0.1) is 0 Å². The van der Waals surface area contributed by atoms with Crippen LogP contribution < -0.4 is 11.3 Å². The summed E-state index contributed by atoms with van der Waals surface area (Å²) in [6.07, 6.45) is 0. The molecule has 0 radical (unpaired) electrons. The van der Waals surface area contributed by atoms with Gasteiger partial charge in [-0.1, -0.05) is 6.07 Å². The number of nitrogens with two attached hydrogens (primary N) is 1. The zero-order valence-electron chi connectivity index (χ0n) is 10.1. The normalized spacial score (nSPS) is 10.1. The number of likely N-dealkylation sites (N-methyl/N-ethyl adjacent to an activating group) is 1. The Labute approximate surface area is 101 Å². The van der Waals surface area contributed by atoms with Gasteiger partial charge in [-0.25, -0.2) is 10.8 Å². The first-order chi connectivity index (χ1) is 8.19. The molecule has 1 amide bonds. The lowest BCUT2D eigenvalue weighted by molar-refractivity contribution is 0.0705. The van der Waals surface area contributed by atoms with E-state index in [0.29, 0.717) is 31.3 Å². The third-order valence-electron chi connectivity index (χ3n) is 2.24. The fourth-order valence-electron chi connectivity index (χ4n) is 1.28. The Morgan fingerprint density at radius 1 is 1.59 bits per heavy atom. The third-order valence-corrected chi connectivity index (χ3v) is 2.24. The molecule has 0 aliphatic heterocycles. The topological polar surface area (TPSA) is 80.5 Å². The molecular formula is C11H18N4O2. The van der Waals surface area contributed by atoms with Crippen LogP contribution in [0, 0.1) is 0 Å². The highest BCUT2D eigenvalue weighted by Crippen LogP contribution is 2.05. The van der Waals surface area contributed by atoms with E-state index in [2.05, 4.69) is 10.4 Å². The number of carbonyl (C=O) groups excluding carboxylic acids is 1. The number of aromatic nitrogens is 1. The van der Waals surface area contributed by atoms with Crippen molar-refractivity contribution >= 4 is 11.7 Å². The summed E-state index contributed by atoms with van der Waals surface area (Å²) in [5, 5.41) is 0. The van der Waals surface area contributed by atoms with Crippen LogP contribution in [0.25, 0.3) is 0 Å². The standard InChI is InChI=1S/C11H18N4O2/c1-3-17-8-7-15(2)11(16)9-5-4-6-10(13-9)14-12/h4-6H,3,7-8,12H2,1-2H3,(H,13,14). The van der Waals surface area contributed by atoms with Crippen LogP contribution in [0.1, 0.15) is 17.4 Å². The van der Waals surface area contributed by atoms with Gasteiger partial charge in [0.25, 0.3) is 5.91 Å². The van der Waals surface area contributed by atoms with Crippen LogP contribution in [-0.4, -0.2) is 42.6 Å². The number of nitrogens with one attached hydrogen (secondary N) is 1. The number of ether oxygens (including phenoxy) is 1. The second kappa shape index (κ2) is 6.82. The quantitative estimate of drug-likeness (QED) is 0.428. The minimum atomic E-state index is -0.151. The Morgan fingerprint density at radius 2 is 2.35 bits per heavy atom. The Bertz CT molecular complexity index is 370. The molecule has 1 rings (SSSR count). The van der Waals surface area contributed by atoms with E-state index in [-0.39, 0.29) is 5.91 Å². The average molecular weight is 238 g/mol. The highest BCUT2D eigenvalue weighted by atomic mass is 16.5. The van der Waals surface area contributed by atoms with E-state index < -0.39 is 0 Å². The molecule has 0 fully saturated rings. The van der Waals surface area contributed by atoms with Crippen LogP contribution in [0.4, 0.5) is 5.82 Å². The van der Waals surface area contributed by atoms with Crippen LogP contribution in [0.5, 0.6) is 0 Å². The third kappa shape index (κ3) is 4.01. The zero-order valence-corrected chi connectivity index (χ0v) is 10.1. The number of nitrogen functional groups attached to an aromatic ring is 1. The van der Waals surface area contributed by atoms with Crippen molar-refractivity contribution in [2.24, 2.45) is 5.84 Å². The number of pyridine rings is 1. The Morgan fingerprint density at radius 3 is 3.00 bits per heavy atom. The van der Waals surface area contributed by atoms with Crippen LogP contribution in [0.15, 0.2) is 18.2 Å². The molecular weight excluding hydrogens is 220 g/mol. The summed E-state index contributed by atoms with van der Waals surface area (Å²) in [6.45, 7) is 3.62. The van der Waals surface area contributed by atoms with E-state index in [1.165, 1.54) is 0 Å². The van der Waals surface area contributed by atoms with Gasteiger partial charge in [0.15, 0.2) is 0 Å². The number of nitrogens with zero attached hydrogens (tertiary/aromatic N) is 2. The Hall–Kier alpha value is -1.66. The lowest BCUT2D eigenvalue weighted by Crippen LogP contribution is -2.31. The predicted molar refractivity (Wildman–Crippen MR) is 65.5 cm³/mol. The van der Waals surface area contributed by atoms with Crippen LogP contribution >= 0.6 is 0 Å². The SMILES string of the molecule is CCOCCN(C)C(=O)c1cccc(NN)n1. The van der Waals surface area contributed by atoms with Gasteiger partial charge in [-0.3, -0.25) is 4.79 Å². The summed E-state index contributed by atoms with van der Waals surface area (Å²) < 4.78 is 5.19. The number of hydrogen-bond acceptors (Lipinski definition) is 5.